The van der Waals surface area contributed by atoms with Crippen molar-refractivity contribution in [3.05, 3.63) is 197 Å². The molecular weight excluding hydrogens is 663 g/mol. The molecular formula is C49H31N3S. The maximum atomic E-state index is 5.19. The van der Waals surface area contributed by atoms with Crippen LogP contribution in [0.1, 0.15) is 38.9 Å². The fraction of sp³-hybridized carbons (Fsp3) is 0.0408. The number of benzene rings is 7. The molecule has 0 amide bonds. The molecule has 2 aliphatic carbocycles. The Balaban J connectivity index is 1.23. The van der Waals surface area contributed by atoms with Crippen molar-refractivity contribution in [2.45, 2.75) is 12.3 Å². The summed E-state index contributed by atoms with van der Waals surface area (Å²) in [5.74, 6) is 1.97. The average molecular weight is 694 g/mol. The zero-order chi connectivity index (χ0) is 35.1. The van der Waals surface area contributed by atoms with E-state index in [1.54, 1.807) is 0 Å². The van der Waals surface area contributed by atoms with Crippen LogP contribution in [-0.2, 0) is 5.41 Å². The fourth-order valence-corrected chi connectivity index (χ4v) is 9.88. The van der Waals surface area contributed by atoms with E-state index in [-0.39, 0.29) is 0 Å². The van der Waals surface area contributed by atoms with Crippen LogP contribution in [0.4, 0.5) is 0 Å². The normalized spacial score (nSPS) is 15.3. The van der Waals surface area contributed by atoms with Crippen molar-refractivity contribution >= 4 is 43.7 Å². The first-order chi connectivity index (χ1) is 26.2. The molecule has 0 aliphatic heterocycles. The lowest BCUT2D eigenvalue weighted by molar-refractivity contribution is 0.767. The summed E-state index contributed by atoms with van der Waals surface area (Å²) in [5, 5.41) is 2.65. The van der Waals surface area contributed by atoms with E-state index in [1.807, 2.05) is 29.5 Å². The fourth-order valence-electron chi connectivity index (χ4n) is 8.77. The number of thiophene rings is 1. The highest BCUT2D eigenvalue weighted by Gasteiger charge is 2.49. The quantitative estimate of drug-likeness (QED) is 0.185. The highest BCUT2D eigenvalue weighted by Crippen LogP contribution is 2.61. The van der Waals surface area contributed by atoms with E-state index in [1.165, 1.54) is 64.7 Å². The Labute approximate surface area is 311 Å². The Hall–Kier alpha value is -6.49. The average Bonchev–Trinajstić information content (AvgIpc) is 3.69. The number of fused-ring (bicyclic) bond motifs is 13. The van der Waals surface area contributed by atoms with Crippen molar-refractivity contribution in [2.75, 3.05) is 0 Å². The molecule has 9 aromatic rings. The van der Waals surface area contributed by atoms with Gasteiger partial charge in [0.15, 0.2) is 17.5 Å². The van der Waals surface area contributed by atoms with Gasteiger partial charge in [0.25, 0.3) is 0 Å². The molecule has 3 nitrogen and oxygen atoms in total. The minimum absolute atomic E-state index is 0.580. The molecule has 0 fully saturated rings. The van der Waals surface area contributed by atoms with Gasteiger partial charge in [-0.3, -0.25) is 0 Å². The molecule has 2 heterocycles. The van der Waals surface area contributed by atoms with Crippen molar-refractivity contribution in [3.63, 3.8) is 0 Å². The maximum Gasteiger partial charge on any atom is 0.164 e. The first-order valence-electron chi connectivity index (χ1n) is 18.0. The van der Waals surface area contributed by atoms with Crippen LogP contribution in [0.5, 0.6) is 0 Å². The summed E-state index contributed by atoms with van der Waals surface area (Å²) in [6, 6.07) is 57.0. The summed E-state index contributed by atoms with van der Waals surface area (Å²) >= 11 is 1.88. The molecule has 0 saturated carbocycles. The third-order valence-corrected chi connectivity index (χ3v) is 12.2. The molecule has 0 radical (unpaired) electrons. The van der Waals surface area contributed by atoms with E-state index in [0.717, 1.165) is 22.3 Å². The van der Waals surface area contributed by atoms with E-state index in [2.05, 4.69) is 159 Å². The lowest BCUT2D eigenvalue weighted by Gasteiger charge is -2.35. The molecule has 7 aromatic carbocycles. The number of aromatic nitrogens is 3. The van der Waals surface area contributed by atoms with E-state index in [4.69, 9.17) is 15.0 Å². The molecule has 0 N–H and O–H groups in total. The molecule has 53 heavy (non-hydrogen) atoms. The second kappa shape index (κ2) is 11.5. The van der Waals surface area contributed by atoms with E-state index in [0.29, 0.717) is 17.5 Å². The van der Waals surface area contributed by atoms with Crippen molar-refractivity contribution in [2.24, 2.45) is 0 Å². The van der Waals surface area contributed by atoms with Gasteiger partial charge in [-0.15, -0.1) is 11.3 Å². The molecule has 0 bridgehead atoms. The monoisotopic (exact) mass is 693 g/mol. The van der Waals surface area contributed by atoms with Crippen molar-refractivity contribution in [3.8, 4) is 45.3 Å². The number of hydrogen-bond acceptors (Lipinski definition) is 4. The second-order valence-corrected chi connectivity index (χ2v) is 15.1. The smallest absolute Gasteiger partial charge is 0.164 e. The van der Waals surface area contributed by atoms with Crippen LogP contribution in [0.3, 0.4) is 0 Å². The predicted molar refractivity (Wildman–Crippen MR) is 220 cm³/mol. The highest BCUT2D eigenvalue weighted by molar-refractivity contribution is 7.26. The second-order valence-electron chi connectivity index (χ2n) is 14.0. The Morgan fingerprint density at radius 3 is 1.94 bits per heavy atom. The van der Waals surface area contributed by atoms with Gasteiger partial charge in [-0.2, -0.15) is 0 Å². The SMILES string of the molecule is Cc1cccc(-c2nc(-c3ccccc3)nc(-c3ccc4c(c3)C3(c5ccccc5C=C4)c4ccccc4-c4c3ccc3sc5ccccc5c43)n2)c1. The number of hydrogen-bond donors (Lipinski definition) is 0. The van der Waals surface area contributed by atoms with Gasteiger partial charge in [-0.25, -0.2) is 15.0 Å². The van der Waals surface area contributed by atoms with Crippen molar-refractivity contribution < 1.29 is 0 Å². The van der Waals surface area contributed by atoms with E-state index < -0.39 is 5.41 Å². The molecule has 11 rings (SSSR count). The summed E-state index contributed by atoms with van der Waals surface area (Å²) in [5.41, 5.74) is 13.6. The lowest BCUT2D eigenvalue weighted by atomic mass is 9.65. The first kappa shape index (κ1) is 30.2. The van der Waals surface area contributed by atoms with Gasteiger partial charge in [-0.05, 0) is 75.7 Å². The number of aryl methyl sites for hydroxylation is 1. The summed E-state index contributed by atoms with van der Waals surface area (Å²) in [6.07, 6.45) is 4.57. The molecule has 4 heteroatoms. The van der Waals surface area contributed by atoms with Crippen LogP contribution < -0.4 is 0 Å². The minimum atomic E-state index is -0.580. The summed E-state index contributed by atoms with van der Waals surface area (Å²) in [4.78, 5) is 15.4. The van der Waals surface area contributed by atoms with Crippen LogP contribution >= 0.6 is 11.3 Å². The van der Waals surface area contributed by atoms with Gasteiger partial charge < -0.3 is 0 Å². The van der Waals surface area contributed by atoms with E-state index in [9.17, 15) is 0 Å². The Morgan fingerprint density at radius 2 is 1.11 bits per heavy atom. The lowest BCUT2D eigenvalue weighted by Crippen LogP contribution is -2.30. The van der Waals surface area contributed by atoms with Crippen molar-refractivity contribution in [1.82, 2.24) is 15.0 Å². The largest absolute Gasteiger partial charge is 0.208 e. The summed E-state index contributed by atoms with van der Waals surface area (Å²) in [7, 11) is 0. The van der Waals surface area contributed by atoms with Crippen LogP contribution in [0.2, 0.25) is 0 Å². The van der Waals surface area contributed by atoms with Gasteiger partial charge in [0.05, 0.1) is 5.41 Å². The summed E-state index contributed by atoms with van der Waals surface area (Å²) < 4.78 is 2.63. The Morgan fingerprint density at radius 1 is 0.453 bits per heavy atom. The Bertz CT molecular complexity index is 2980. The van der Waals surface area contributed by atoms with E-state index >= 15 is 0 Å². The minimum Gasteiger partial charge on any atom is -0.208 e. The van der Waals surface area contributed by atoms with Gasteiger partial charge in [0, 0.05) is 36.9 Å². The molecule has 1 atom stereocenters. The Kier molecular flexibility index (Phi) is 6.55. The van der Waals surface area contributed by atoms with Crippen LogP contribution in [0.15, 0.2) is 158 Å². The molecule has 2 aliphatic rings. The number of nitrogens with zero attached hydrogens (tertiary/aromatic N) is 3. The number of rotatable bonds is 3. The van der Waals surface area contributed by atoms with Crippen LogP contribution in [0, 0.1) is 6.92 Å². The van der Waals surface area contributed by atoms with Gasteiger partial charge in [0.1, 0.15) is 0 Å². The third kappa shape index (κ3) is 4.43. The van der Waals surface area contributed by atoms with Crippen molar-refractivity contribution in [1.29, 1.82) is 0 Å². The molecule has 1 unspecified atom stereocenters. The molecule has 0 saturated heterocycles. The topological polar surface area (TPSA) is 38.7 Å². The standard InChI is InChI=1S/C49H31N3S/c1-30-12-11-16-34(28-30)47-50-46(33-14-3-2-4-15-33)51-48(52-47)35-25-24-32-23-22-31-13-5-8-19-38(31)49(41(32)29-35)39-20-9-6-17-36(39)44-40(49)26-27-43-45(44)37-18-7-10-21-42(37)53-43/h2-29H,1H3. The first-order valence-corrected chi connectivity index (χ1v) is 18.8. The predicted octanol–water partition coefficient (Wildman–Crippen LogP) is 12.4. The molecule has 2 aromatic heterocycles. The van der Waals surface area contributed by atoms with Gasteiger partial charge in [-0.1, -0.05) is 151 Å². The molecule has 1 spiro atoms. The highest BCUT2D eigenvalue weighted by atomic mass is 32.1. The van der Waals surface area contributed by atoms with Gasteiger partial charge in [0.2, 0.25) is 0 Å². The van der Waals surface area contributed by atoms with Crippen LogP contribution in [0.25, 0.3) is 77.6 Å². The molecule has 248 valence electrons. The van der Waals surface area contributed by atoms with Gasteiger partial charge >= 0.3 is 0 Å². The summed E-state index contributed by atoms with van der Waals surface area (Å²) in [6.45, 7) is 2.10. The maximum absolute atomic E-state index is 5.19. The zero-order valence-corrected chi connectivity index (χ0v) is 29.7. The zero-order valence-electron chi connectivity index (χ0n) is 28.9. The third-order valence-electron chi connectivity index (χ3n) is 11.0. The van der Waals surface area contributed by atoms with Crippen LogP contribution in [-0.4, -0.2) is 15.0 Å².